The van der Waals surface area contributed by atoms with Crippen LogP contribution in [0.2, 0.25) is 0 Å². The van der Waals surface area contributed by atoms with Crippen LogP contribution < -0.4 is 0 Å². The van der Waals surface area contributed by atoms with Gasteiger partial charge in [0.15, 0.2) is 5.12 Å². The van der Waals surface area contributed by atoms with Crippen molar-refractivity contribution in [2.24, 2.45) is 11.8 Å². The second kappa shape index (κ2) is 8.34. The van der Waals surface area contributed by atoms with E-state index in [0.717, 1.165) is 12.3 Å². The van der Waals surface area contributed by atoms with Crippen molar-refractivity contribution >= 4 is 16.9 Å². The lowest BCUT2D eigenvalue weighted by Crippen LogP contribution is -2.03. The summed E-state index contributed by atoms with van der Waals surface area (Å²) in [6, 6.07) is 0. The van der Waals surface area contributed by atoms with Crippen LogP contribution in [0.15, 0.2) is 0 Å². The van der Waals surface area contributed by atoms with Gasteiger partial charge < -0.3 is 0 Å². The first kappa shape index (κ1) is 14.0. The van der Waals surface area contributed by atoms with Crippen LogP contribution in [0.5, 0.6) is 0 Å². The Labute approximate surface area is 93.0 Å². The first-order chi connectivity index (χ1) is 6.56. The number of rotatable bonds is 7. The van der Waals surface area contributed by atoms with E-state index in [1.807, 2.05) is 0 Å². The third-order valence-corrected chi connectivity index (χ3v) is 2.95. The van der Waals surface area contributed by atoms with Gasteiger partial charge in [-0.3, -0.25) is 4.79 Å². The standard InChI is InChI=1S/C12H23OS/c1-5-14-12(13)9-11(4)8-6-7-10(2)3/h10-11H,1,5-9H2,2-4H3. The van der Waals surface area contributed by atoms with E-state index in [1.165, 1.54) is 31.0 Å². The van der Waals surface area contributed by atoms with Crippen LogP contribution in [0.4, 0.5) is 0 Å². The fourth-order valence-corrected chi connectivity index (χ4v) is 2.06. The molecule has 0 aromatic rings. The molecule has 0 aliphatic rings. The zero-order chi connectivity index (χ0) is 11.0. The molecule has 1 unspecified atom stereocenters. The van der Waals surface area contributed by atoms with Gasteiger partial charge in [-0.2, -0.15) is 0 Å². The van der Waals surface area contributed by atoms with Crippen LogP contribution in [0, 0.1) is 18.8 Å². The molecular formula is C12H23OS. The average molecular weight is 215 g/mol. The van der Waals surface area contributed by atoms with Gasteiger partial charge in [0, 0.05) is 12.2 Å². The van der Waals surface area contributed by atoms with Crippen LogP contribution in [0.3, 0.4) is 0 Å². The van der Waals surface area contributed by atoms with E-state index in [4.69, 9.17) is 0 Å². The van der Waals surface area contributed by atoms with E-state index in [0.29, 0.717) is 16.8 Å². The lowest BCUT2D eigenvalue weighted by Gasteiger charge is -2.10. The summed E-state index contributed by atoms with van der Waals surface area (Å²) >= 11 is 1.35. The molecule has 14 heavy (non-hydrogen) atoms. The zero-order valence-corrected chi connectivity index (χ0v) is 10.5. The maximum absolute atomic E-state index is 11.3. The van der Waals surface area contributed by atoms with E-state index in [9.17, 15) is 4.79 Å². The molecule has 0 aromatic carbocycles. The fraction of sp³-hybridized carbons (Fsp3) is 0.833. The van der Waals surface area contributed by atoms with Crippen LogP contribution in [0.25, 0.3) is 0 Å². The van der Waals surface area contributed by atoms with Crippen LogP contribution in [-0.2, 0) is 4.79 Å². The van der Waals surface area contributed by atoms with E-state index in [2.05, 4.69) is 27.7 Å². The Bertz CT molecular complexity index is 154. The Balaban J connectivity index is 3.44. The Kier molecular flexibility index (Phi) is 8.35. The highest BCUT2D eigenvalue weighted by Crippen LogP contribution is 2.18. The number of carbonyl (C=O) groups is 1. The summed E-state index contributed by atoms with van der Waals surface area (Å²) in [5.41, 5.74) is 0. The molecule has 0 saturated heterocycles. The number of hydrogen-bond acceptors (Lipinski definition) is 2. The molecule has 1 radical (unpaired) electrons. The number of hydrogen-bond donors (Lipinski definition) is 0. The van der Waals surface area contributed by atoms with Gasteiger partial charge in [0.25, 0.3) is 0 Å². The van der Waals surface area contributed by atoms with Crippen molar-refractivity contribution in [3.63, 3.8) is 0 Å². The molecule has 1 atom stereocenters. The van der Waals surface area contributed by atoms with Crippen LogP contribution >= 0.6 is 11.8 Å². The first-order valence-electron chi connectivity index (χ1n) is 5.51. The third-order valence-electron chi connectivity index (χ3n) is 2.26. The maximum atomic E-state index is 11.3. The van der Waals surface area contributed by atoms with Gasteiger partial charge in [0.05, 0.1) is 0 Å². The van der Waals surface area contributed by atoms with Crippen molar-refractivity contribution in [1.82, 2.24) is 0 Å². The molecule has 0 aromatic heterocycles. The summed E-state index contributed by atoms with van der Waals surface area (Å²) in [6.07, 6.45) is 4.43. The molecular weight excluding hydrogens is 192 g/mol. The topological polar surface area (TPSA) is 17.1 Å². The molecule has 2 heteroatoms. The van der Waals surface area contributed by atoms with Crippen LogP contribution in [0.1, 0.15) is 46.5 Å². The average Bonchev–Trinajstić information content (AvgIpc) is 2.03. The zero-order valence-electron chi connectivity index (χ0n) is 9.71. The quantitative estimate of drug-likeness (QED) is 0.640. The molecule has 83 valence electrons. The summed E-state index contributed by atoms with van der Waals surface area (Å²) in [7, 11) is 0. The Hall–Kier alpha value is 0.0200. The van der Waals surface area contributed by atoms with E-state index < -0.39 is 0 Å². The lowest BCUT2D eigenvalue weighted by atomic mass is 9.98. The lowest BCUT2D eigenvalue weighted by molar-refractivity contribution is -0.111. The SMILES string of the molecule is [CH2]CSC(=O)CC(C)CCCC(C)C. The highest BCUT2D eigenvalue weighted by Gasteiger charge is 2.08. The Morgan fingerprint density at radius 3 is 2.43 bits per heavy atom. The van der Waals surface area contributed by atoms with Gasteiger partial charge in [-0.05, 0) is 18.8 Å². The van der Waals surface area contributed by atoms with Gasteiger partial charge in [0.1, 0.15) is 0 Å². The van der Waals surface area contributed by atoms with Crippen LogP contribution in [-0.4, -0.2) is 10.9 Å². The second-order valence-electron chi connectivity index (χ2n) is 4.35. The minimum atomic E-state index is 0.303. The molecule has 0 aliphatic carbocycles. The van der Waals surface area contributed by atoms with Gasteiger partial charge in [-0.15, -0.1) is 0 Å². The summed E-state index contributed by atoms with van der Waals surface area (Å²) in [5.74, 6) is 1.99. The molecule has 0 saturated carbocycles. The van der Waals surface area contributed by atoms with Gasteiger partial charge >= 0.3 is 0 Å². The Morgan fingerprint density at radius 1 is 1.29 bits per heavy atom. The molecule has 0 amide bonds. The monoisotopic (exact) mass is 215 g/mol. The molecule has 0 heterocycles. The largest absolute Gasteiger partial charge is 0.287 e. The van der Waals surface area contributed by atoms with E-state index in [1.54, 1.807) is 0 Å². The second-order valence-corrected chi connectivity index (χ2v) is 5.51. The van der Waals surface area contributed by atoms with Crippen molar-refractivity contribution in [2.75, 3.05) is 5.75 Å². The maximum Gasteiger partial charge on any atom is 0.189 e. The number of carbonyl (C=O) groups excluding carboxylic acids is 1. The predicted molar refractivity (Wildman–Crippen MR) is 65.3 cm³/mol. The van der Waals surface area contributed by atoms with Crippen molar-refractivity contribution in [2.45, 2.75) is 46.5 Å². The molecule has 1 nitrogen and oxygen atoms in total. The van der Waals surface area contributed by atoms with Crippen molar-refractivity contribution in [1.29, 1.82) is 0 Å². The van der Waals surface area contributed by atoms with E-state index in [-0.39, 0.29) is 0 Å². The van der Waals surface area contributed by atoms with Crippen molar-refractivity contribution in [3.8, 4) is 0 Å². The van der Waals surface area contributed by atoms with Gasteiger partial charge in [0.2, 0.25) is 0 Å². The summed E-state index contributed by atoms with van der Waals surface area (Å²) < 4.78 is 0. The van der Waals surface area contributed by atoms with Crippen molar-refractivity contribution in [3.05, 3.63) is 6.92 Å². The molecule has 0 fully saturated rings. The minimum Gasteiger partial charge on any atom is -0.287 e. The molecule has 0 spiro atoms. The summed E-state index contributed by atoms with van der Waals surface area (Å²) in [6.45, 7) is 10.3. The van der Waals surface area contributed by atoms with E-state index >= 15 is 0 Å². The van der Waals surface area contributed by atoms with Gasteiger partial charge in [-0.1, -0.05) is 51.8 Å². The molecule has 0 rings (SSSR count). The molecule has 0 bridgehead atoms. The predicted octanol–water partition coefficient (Wildman–Crippen LogP) is 3.93. The first-order valence-corrected chi connectivity index (χ1v) is 6.49. The minimum absolute atomic E-state index is 0.303. The fourth-order valence-electron chi connectivity index (χ4n) is 1.43. The highest BCUT2D eigenvalue weighted by molar-refractivity contribution is 8.13. The smallest absolute Gasteiger partial charge is 0.189 e. The third kappa shape index (κ3) is 8.61. The normalized spacial score (nSPS) is 13.2. The molecule has 0 N–H and O–H groups in total. The van der Waals surface area contributed by atoms with Gasteiger partial charge in [-0.25, -0.2) is 0 Å². The number of thioether (sulfide) groups is 1. The summed E-state index contributed by atoms with van der Waals surface area (Å²) in [4.78, 5) is 11.3. The summed E-state index contributed by atoms with van der Waals surface area (Å²) in [5, 5.41) is 0.303. The Morgan fingerprint density at radius 2 is 1.93 bits per heavy atom. The molecule has 0 aliphatic heterocycles. The van der Waals surface area contributed by atoms with Crippen molar-refractivity contribution < 1.29 is 4.79 Å². The highest BCUT2D eigenvalue weighted by atomic mass is 32.2.